The van der Waals surface area contributed by atoms with Crippen molar-refractivity contribution in [2.45, 2.75) is 18.9 Å². The van der Waals surface area contributed by atoms with E-state index in [1.54, 1.807) is 14.2 Å². The lowest BCUT2D eigenvalue weighted by atomic mass is 10.1. The van der Waals surface area contributed by atoms with E-state index in [4.69, 9.17) is 24.5 Å². The number of carbonyl (C=O) groups is 1. The van der Waals surface area contributed by atoms with Gasteiger partial charge in [0.25, 0.3) is 0 Å². The van der Waals surface area contributed by atoms with E-state index in [0.717, 1.165) is 34.6 Å². The first-order chi connectivity index (χ1) is 16.9. The molecular weight excluding hydrogens is 444 g/mol. The molecule has 0 heterocycles. The maximum Gasteiger partial charge on any atom is 0.383 e. The second-order valence-corrected chi connectivity index (χ2v) is 8.48. The smallest absolute Gasteiger partial charge is 0.383 e. The molecule has 1 N–H and O–H groups in total. The zero-order valence-corrected chi connectivity index (χ0v) is 19.9. The lowest BCUT2D eigenvalue weighted by Gasteiger charge is -2.10. The second kappa shape index (κ2) is 10.9. The topological polar surface area (TPSA) is 80.9 Å². The van der Waals surface area contributed by atoms with Crippen molar-refractivity contribution in [3.63, 3.8) is 0 Å². The van der Waals surface area contributed by atoms with E-state index >= 15 is 0 Å². The fourth-order valence-corrected chi connectivity index (χ4v) is 3.74. The molecule has 3 aromatic rings. The van der Waals surface area contributed by atoms with Gasteiger partial charge in [0.1, 0.15) is 30.5 Å². The van der Waals surface area contributed by atoms with Crippen LogP contribution in [0, 0.1) is 11.3 Å². The summed E-state index contributed by atoms with van der Waals surface area (Å²) in [5, 5.41) is 8.20. The van der Waals surface area contributed by atoms with E-state index in [2.05, 4.69) is 6.72 Å². The molecule has 3 aromatic carbocycles. The minimum atomic E-state index is -0.238. The Morgan fingerprint density at radius 1 is 0.943 bits per heavy atom. The molecule has 0 bridgehead atoms. The minimum Gasteiger partial charge on any atom is -0.497 e. The van der Waals surface area contributed by atoms with Crippen LogP contribution < -0.4 is 14.2 Å². The van der Waals surface area contributed by atoms with E-state index in [1.165, 1.54) is 4.74 Å². The predicted octanol–water partition coefficient (Wildman–Crippen LogP) is 4.63. The monoisotopic (exact) mass is 473 g/mol. The van der Waals surface area contributed by atoms with Gasteiger partial charge >= 0.3 is 5.97 Å². The highest BCUT2D eigenvalue weighted by Crippen LogP contribution is 2.48. The maximum absolute atomic E-state index is 12.0. The van der Waals surface area contributed by atoms with Gasteiger partial charge in [0.2, 0.25) is 0 Å². The number of benzene rings is 3. The average Bonchev–Trinajstić information content (AvgIpc) is 3.68. The number of hydroxylamine groups is 1. The summed E-state index contributed by atoms with van der Waals surface area (Å²) in [6, 6.07) is 22.8. The van der Waals surface area contributed by atoms with Crippen LogP contribution in [0.3, 0.4) is 0 Å². The first-order valence-corrected chi connectivity index (χ1v) is 11.4. The largest absolute Gasteiger partial charge is 0.497 e. The van der Waals surface area contributed by atoms with Crippen molar-refractivity contribution in [2.75, 3.05) is 20.8 Å². The van der Waals surface area contributed by atoms with Crippen LogP contribution in [0.2, 0.25) is 0 Å². The van der Waals surface area contributed by atoms with Gasteiger partial charge in [-0.25, -0.2) is 4.79 Å². The van der Waals surface area contributed by atoms with Gasteiger partial charge in [0.05, 0.1) is 18.7 Å². The molecular formula is C28H29N2O5+. The summed E-state index contributed by atoms with van der Waals surface area (Å²) in [6.45, 7) is 4.14. The molecule has 1 saturated carbocycles. The van der Waals surface area contributed by atoms with Crippen molar-refractivity contribution < 1.29 is 28.6 Å². The van der Waals surface area contributed by atoms with E-state index in [9.17, 15) is 4.79 Å². The van der Waals surface area contributed by atoms with Crippen LogP contribution in [0.4, 0.5) is 0 Å². The summed E-state index contributed by atoms with van der Waals surface area (Å²) in [4.78, 5) is 17.0. The maximum atomic E-state index is 12.0. The zero-order valence-electron chi connectivity index (χ0n) is 19.9. The van der Waals surface area contributed by atoms with Crippen LogP contribution in [0.25, 0.3) is 0 Å². The van der Waals surface area contributed by atoms with Gasteiger partial charge in [0.15, 0.2) is 13.8 Å². The number of ether oxygens (including phenoxy) is 3. The lowest BCUT2D eigenvalue weighted by Crippen LogP contribution is -2.14. The molecule has 7 nitrogen and oxygen atoms in total. The van der Waals surface area contributed by atoms with Crippen LogP contribution in [-0.2, 0) is 16.2 Å². The SMILES string of the molecule is C=[N+](C)OC(=O)C1CC1c1ccc(OCc2ccc(OCC(=N)c3ccc(OC)cc3)cc2)cc1. The van der Waals surface area contributed by atoms with Gasteiger partial charge in [-0.05, 0) is 82.3 Å². The summed E-state index contributed by atoms with van der Waals surface area (Å²) in [6.07, 6.45) is 0.793. The summed E-state index contributed by atoms with van der Waals surface area (Å²) < 4.78 is 18.0. The molecule has 0 aromatic heterocycles. The molecule has 7 heteroatoms. The number of hydrogen-bond acceptors (Lipinski definition) is 6. The van der Waals surface area contributed by atoms with Crippen LogP contribution in [0.1, 0.15) is 29.0 Å². The molecule has 2 atom stereocenters. The van der Waals surface area contributed by atoms with Gasteiger partial charge in [-0.3, -0.25) is 0 Å². The summed E-state index contributed by atoms with van der Waals surface area (Å²) in [5.74, 6) is 2.06. The number of methoxy groups -OCH3 is 1. The quantitative estimate of drug-likeness (QED) is 0.190. The molecule has 35 heavy (non-hydrogen) atoms. The predicted molar refractivity (Wildman–Crippen MR) is 133 cm³/mol. The Labute approximate surface area is 205 Å². The van der Waals surface area contributed by atoms with Crippen LogP contribution in [-0.4, -0.2) is 43.9 Å². The van der Waals surface area contributed by atoms with Crippen LogP contribution >= 0.6 is 0 Å². The highest BCUT2D eigenvalue weighted by Gasteiger charge is 2.47. The van der Waals surface area contributed by atoms with Crippen molar-refractivity contribution in [3.8, 4) is 17.2 Å². The van der Waals surface area contributed by atoms with Crippen molar-refractivity contribution in [3.05, 3.63) is 89.5 Å². The number of rotatable bonds is 11. The third-order valence-corrected chi connectivity index (χ3v) is 5.80. The fraction of sp³-hybridized carbons (Fsp3) is 0.250. The van der Waals surface area contributed by atoms with Crippen LogP contribution in [0.5, 0.6) is 17.2 Å². The summed E-state index contributed by atoms with van der Waals surface area (Å²) >= 11 is 0. The van der Waals surface area contributed by atoms with Gasteiger partial charge < -0.3 is 19.6 Å². The molecule has 1 aliphatic carbocycles. The Morgan fingerprint density at radius 3 is 2.17 bits per heavy atom. The highest BCUT2D eigenvalue weighted by atomic mass is 16.7. The van der Waals surface area contributed by atoms with Crippen molar-refractivity contribution in [1.82, 2.24) is 0 Å². The van der Waals surface area contributed by atoms with Crippen molar-refractivity contribution in [1.29, 1.82) is 5.41 Å². The molecule has 0 aliphatic heterocycles. The normalized spacial score (nSPS) is 16.2. The fourth-order valence-electron chi connectivity index (χ4n) is 3.74. The van der Waals surface area contributed by atoms with E-state index in [-0.39, 0.29) is 24.4 Å². The lowest BCUT2D eigenvalue weighted by molar-refractivity contribution is -0.735. The summed E-state index contributed by atoms with van der Waals surface area (Å²) in [5.41, 5.74) is 3.30. The van der Waals surface area contributed by atoms with Crippen molar-refractivity contribution >= 4 is 18.4 Å². The van der Waals surface area contributed by atoms with E-state index in [1.807, 2.05) is 72.8 Å². The van der Waals surface area contributed by atoms with Gasteiger partial charge in [-0.15, -0.1) is 0 Å². The molecule has 0 saturated heterocycles. The van der Waals surface area contributed by atoms with Crippen molar-refractivity contribution in [2.24, 2.45) is 5.92 Å². The Balaban J connectivity index is 1.22. The minimum absolute atomic E-state index is 0.105. The van der Waals surface area contributed by atoms with E-state index < -0.39 is 0 Å². The van der Waals surface area contributed by atoms with E-state index in [0.29, 0.717) is 18.1 Å². The van der Waals surface area contributed by atoms with Gasteiger partial charge in [-0.2, -0.15) is 4.84 Å². The molecule has 2 unspecified atom stereocenters. The molecule has 1 fully saturated rings. The Morgan fingerprint density at radius 2 is 1.54 bits per heavy atom. The molecule has 1 aliphatic rings. The molecule has 4 rings (SSSR count). The average molecular weight is 474 g/mol. The van der Waals surface area contributed by atoms with Gasteiger partial charge in [-0.1, -0.05) is 24.3 Å². The van der Waals surface area contributed by atoms with Gasteiger partial charge in [0, 0.05) is 0 Å². The highest BCUT2D eigenvalue weighted by molar-refractivity contribution is 5.99. The van der Waals surface area contributed by atoms with Crippen LogP contribution in [0.15, 0.2) is 72.8 Å². The number of nitrogens with one attached hydrogen (secondary N) is 1. The molecule has 0 amide bonds. The molecule has 180 valence electrons. The number of hydrogen-bond donors (Lipinski definition) is 1. The zero-order chi connectivity index (χ0) is 24.8. The second-order valence-electron chi connectivity index (χ2n) is 8.48. The Kier molecular flexibility index (Phi) is 7.45. The molecule has 0 spiro atoms. The number of carbonyl (C=O) groups excluding carboxylic acids is 1. The standard InChI is InChI=1S/C28H29N2O5/c1-30(2)35-28(31)26-16-25(26)20-6-14-24(15-7-20)33-17-19-4-10-23(11-5-19)34-18-27(29)21-8-12-22(32-3)13-9-21/h4-15,25-26,29H,1,16-18H2,2-3H3/q+1. The summed E-state index contributed by atoms with van der Waals surface area (Å²) in [7, 11) is 3.21. The number of nitrogens with zero attached hydrogens (tertiary/aromatic N) is 1. The Bertz CT molecular complexity index is 1190. The third-order valence-electron chi connectivity index (χ3n) is 5.80. The molecule has 0 radical (unpaired) electrons. The first-order valence-electron chi connectivity index (χ1n) is 11.4. The third kappa shape index (κ3) is 6.47. The first kappa shape index (κ1) is 24.0. The Hall–Kier alpha value is -4.13.